The van der Waals surface area contributed by atoms with Gasteiger partial charge in [0.15, 0.2) is 5.65 Å². The summed E-state index contributed by atoms with van der Waals surface area (Å²) in [5.74, 6) is 1.85. The van der Waals surface area contributed by atoms with E-state index in [1.54, 1.807) is 0 Å². The zero-order valence-corrected chi connectivity index (χ0v) is 14.2. The largest absolute Gasteiger partial charge is 0.309 e. The summed E-state index contributed by atoms with van der Waals surface area (Å²) in [7, 11) is 2.02. The molecule has 1 atom stereocenters. The van der Waals surface area contributed by atoms with Crippen LogP contribution in [-0.2, 0) is 13.5 Å². The number of halogens is 1. The molecule has 1 saturated carbocycles. The Bertz CT molecular complexity index is 632. The summed E-state index contributed by atoms with van der Waals surface area (Å²) < 4.78 is 4.37. The van der Waals surface area contributed by atoms with E-state index in [1.807, 2.05) is 18.7 Å². The molecule has 0 spiro atoms. The molecule has 4 nitrogen and oxygen atoms in total. The first-order valence-corrected chi connectivity index (χ1v) is 8.54. The molecule has 1 fully saturated rings. The van der Waals surface area contributed by atoms with Crippen molar-refractivity contribution in [2.24, 2.45) is 13.0 Å². The molecule has 0 aliphatic heterocycles. The Labute approximate surface area is 131 Å². The maximum Gasteiger partial charge on any atom is 0.158 e. The van der Waals surface area contributed by atoms with Gasteiger partial charge in [-0.25, -0.2) is 4.98 Å². The molecule has 2 aromatic heterocycles. The predicted octanol–water partition coefficient (Wildman–Crippen LogP) is 4.38. The highest BCUT2D eigenvalue weighted by molar-refractivity contribution is 6.20. The van der Waals surface area contributed by atoms with Crippen LogP contribution in [0.4, 0.5) is 0 Å². The number of imidazole rings is 1. The lowest BCUT2D eigenvalue weighted by Crippen LogP contribution is -2.20. The molecule has 2 heterocycles. The van der Waals surface area contributed by atoms with Gasteiger partial charge in [-0.05, 0) is 44.9 Å². The van der Waals surface area contributed by atoms with Crippen LogP contribution in [0.1, 0.15) is 69.4 Å². The van der Waals surface area contributed by atoms with Crippen molar-refractivity contribution in [3.63, 3.8) is 0 Å². The Hall–Kier alpha value is -1.03. The van der Waals surface area contributed by atoms with Gasteiger partial charge in [0.2, 0.25) is 0 Å². The highest BCUT2D eigenvalue weighted by atomic mass is 35.5. The van der Waals surface area contributed by atoms with Gasteiger partial charge in [-0.2, -0.15) is 5.10 Å². The molecular formula is C16H25ClN4. The smallest absolute Gasteiger partial charge is 0.158 e. The second-order valence-electron chi connectivity index (χ2n) is 6.47. The van der Waals surface area contributed by atoms with Crippen molar-refractivity contribution in [2.45, 2.75) is 64.3 Å². The van der Waals surface area contributed by atoms with Gasteiger partial charge in [-0.1, -0.05) is 13.8 Å². The van der Waals surface area contributed by atoms with Gasteiger partial charge in [0.05, 0.1) is 11.1 Å². The van der Waals surface area contributed by atoms with Gasteiger partial charge >= 0.3 is 0 Å². The van der Waals surface area contributed by atoms with Crippen LogP contribution in [0, 0.1) is 5.92 Å². The van der Waals surface area contributed by atoms with Crippen LogP contribution in [0.3, 0.4) is 0 Å². The highest BCUT2D eigenvalue weighted by Gasteiger charge is 2.28. The van der Waals surface area contributed by atoms with E-state index in [0.29, 0.717) is 6.04 Å². The monoisotopic (exact) mass is 308 g/mol. The number of hydrogen-bond donors (Lipinski definition) is 0. The quantitative estimate of drug-likeness (QED) is 0.789. The van der Waals surface area contributed by atoms with Crippen LogP contribution in [0.15, 0.2) is 0 Å². The number of rotatable bonds is 3. The molecule has 0 amide bonds. The molecule has 0 saturated heterocycles. The van der Waals surface area contributed by atoms with Gasteiger partial charge in [-0.15, -0.1) is 11.6 Å². The molecule has 1 aliphatic rings. The molecule has 1 aliphatic carbocycles. The fraction of sp³-hybridized carbons (Fsp3) is 0.750. The second kappa shape index (κ2) is 5.64. The number of aromatic nitrogens is 4. The van der Waals surface area contributed by atoms with E-state index in [9.17, 15) is 0 Å². The molecule has 0 N–H and O–H groups in total. The Balaban J connectivity index is 2.14. The topological polar surface area (TPSA) is 35.6 Å². The van der Waals surface area contributed by atoms with Crippen molar-refractivity contribution in [1.82, 2.24) is 19.3 Å². The number of fused-ring (bicyclic) bond motifs is 1. The Morgan fingerprint density at radius 1 is 1.29 bits per heavy atom. The average Bonchev–Trinajstić information content (AvgIpc) is 2.98. The van der Waals surface area contributed by atoms with E-state index >= 15 is 0 Å². The summed E-state index contributed by atoms with van der Waals surface area (Å²) in [5, 5.41) is 4.56. The van der Waals surface area contributed by atoms with Crippen molar-refractivity contribution in [1.29, 1.82) is 0 Å². The summed E-state index contributed by atoms with van der Waals surface area (Å²) >= 11 is 6.42. The lowest BCUT2D eigenvalue weighted by molar-refractivity contribution is 0.287. The molecule has 0 radical (unpaired) electrons. The standard InChI is InChI=1S/C16H25ClN4/c1-5-13-14-16(20(4)19-13)21(15(18-14)11(3)17)12-8-6-10(2)7-9-12/h10-12H,5-9H2,1-4H3. The number of alkyl halides is 1. The third-order valence-corrected chi connectivity index (χ3v) is 5.00. The van der Waals surface area contributed by atoms with Gasteiger partial charge in [0.1, 0.15) is 11.3 Å². The van der Waals surface area contributed by atoms with E-state index in [2.05, 4.69) is 23.5 Å². The van der Waals surface area contributed by atoms with E-state index < -0.39 is 0 Å². The Morgan fingerprint density at radius 2 is 1.95 bits per heavy atom. The van der Waals surface area contributed by atoms with Crippen LogP contribution in [-0.4, -0.2) is 19.3 Å². The van der Waals surface area contributed by atoms with Crippen LogP contribution in [0.25, 0.3) is 11.2 Å². The Kier molecular flexibility index (Phi) is 4.00. The van der Waals surface area contributed by atoms with Gasteiger partial charge in [0, 0.05) is 13.1 Å². The minimum absolute atomic E-state index is 0.0681. The van der Waals surface area contributed by atoms with E-state index in [1.165, 1.54) is 25.7 Å². The van der Waals surface area contributed by atoms with Crippen LogP contribution < -0.4 is 0 Å². The van der Waals surface area contributed by atoms with Gasteiger partial charge < -0.3 is 4.57 Å². The maximum absolute atomic E-state index is 6.42. The molecule has 0 aromatic carbocycles. The fourth-order valence-electron chi connectivity index (χ4n) is 3.60. The number of aryl methyl sites for hydroxylation is 2. The van der Waals surface area contributed by atoms with Crippen LogP contribution >= 0.6 is 11.6 Å². The normalized spacial score (nSPS) is 24.6. The minimum Gasteiger partial charge on any atom is -0.309 e. The lowest BCUT2D eigenvalue weighted by atomic mass is 9.87. The first kappa shape index (κ1) is 14.9. The van der Waals surface area contributed by atoms with E-state index in [0.717, 1.165) is 35.0 Å². The first-order chi connectivity index (χ1) is 10.0. The highest BCUT2D eigenvalue weighted by Crippen LogP contribution is 2.37. The Morgan fingerprint density at radius 3 is 2.52 bits per heavy atom. The van der Waals surface area contributed by atoms with E-state index in [4.69, 9.17) is 16.6 Å². The van der Waals surface area contributed by atoms with Crippen molar-refractivity contribution in [3.05, 3.63) is 11.5 Å². The van der Waals surface area contributed by atoms with Crippen LogP contribution in [0.5, 0.6) is 0 Å². The van der Waals surface area contributed by atoms with Crippen molar-refractivity contribution >= 4 is 22.8 Å². The molecule has 5 heteroatoms. The molecule has 1 unspecified atom stereocenters. The molecule has 2 aromatic rings. The molecular weight excluding hydrogens is 284 g/mol. The van der Waals surface area contributed by atoms with Gasteiger partial charge in [0.25, 0.3) is 0 Å². The first-order valence-electron chi connectivity index (χ1n) is 8.10. The van der Waals surface area contributed by atoms with Crippen molar-refractivity contribution in [2.75, 3.05) is 0 Å². The molecule has 0 bridgehead atoms. The average molecular weight is 309 g/mol. The summed E-state index contributed by atoms with van der Waals surface area (Å²) in [6.07, 6.45) is 5.93. The lowest BCUT2D eigenvalue weighted by Gasteiger charge is -2.29. The summed E-state index contributed by atoms with van der Waals surface area (Å²) in [4.78, 5) is 4.85. The summed E-state index contributed by atoms with van der Waals surface area (Å²) in [6.45, 7) is 6.50. The number of hydrogen-bond acceptors (Lipinski definition) is 2. The molecule has 3 rings (SSSR count). The third kappa shape index (κ3) is 2.48. The maximum atomic E-state index is 6.42. The summed E-state index contributed by atoms with van der Waals surface area (Å²) in [6, 6.07) is 0.516. The third-order valence-electron chi connectivity index (χ3n) is 4.80. The summed E-state index contributed by atoms with van der Waals surface area (Å²) in [5.41, 5.74) is 3.27. The molecule has 21 heavy (non-hydrogen) atoms. The van der Waals surface area contributed by atoms with E-state index in [-0.39, 0.29) is 5.38 Å². The van der Waals surface area contributed by atoms with Gasteiger partial charge in [-0.3, -0.25) is 4.68 Å². The molecule has 116 valence electrons. The minimum atomic E-state index is -0.0681. The number of nitrogens with zero attached hydrogens (tertiary/aromatic N) is 4. The second-order valence-corrected chi connectivity index (χ2v) is 7.12. The SMILES string of the molecule is CCc1nn(C)c2c1nc(C(C)Cl)n2C1CCC(C)CC1. The predicted molar refractivity (Wildman–Crippen MR) is 86.8 cm³/mol. The zero-order chi connectivity index (χ0) is 15.1. The van der Waals surface area contributed by atoms with Crippen molar-refractivity contribution in [3.8, 4) is 0 Å². The fourth-order valence-corrected chi connectivity index (χ4v) is 3.75. The van der Waals surface area contributed by atoms with Crippen molar-refractivity contribution < 1.29 is 0 Å². The van der Waals surface area contributed by atoms with Crippen LogP contribution in [0.2, 0.25) is 0 Å². The zero-order valence-electron chi connectivity index (χ0n) is 13.4.